The summed E-state index contributed by atoms with van der Waals surface area (Å²) in [6.45, 7) is 11.1. The average molecular weight is 451 g/mol. The summed E-state index contributed by atoms with van der Waals surface area (Å²) in [6.07, 6.45) is 0. The van der Waals surface area contributed by atoms with Gasteiger partial charge in [0.25, 0.3) is 0 Å². The van der Waals surface area contributed by atoms with Gasteiger partial charge in [-0.1, -0.05) is 30.3 Å². The number of methoxy groups -OCH3 is 1. The van der Waals surface area contributed by atoms with E-state index in [-0.39, 0.29) is 11.6 Å². The first kappa shape index (κ1) is 24.3. The molecule has 3 rings (SSSR count). The second-order valence-electron chi connectivity index (χ2n) is 9.13. The molecule has 3 aromatic rings. The lowest BCUT2D eigenvalue weighted by molar-refractivity contribution is 0.142. The van der Waals surface area contributed by atoms with Crippen molar-refractivity contribution >= 4 is 6.03 Å². The quantitative estimate of drug-likeness (QED) is 0.510. The van der Waals surface area contributed by atoms with Crippen molar-refractivity contribution in [3.8, 4) is 17.3 Å². The van der Waals surface area contributed by atoms with E-state index in [0.717, 1.165) is 28.3 Å². The molecule has 176 valence electrons. The van der Waals surface area contributed by atoms with Gasteiger partial charge in [0.2, 0.25) is 5.88 Å². The minimum atomic E-state index is -0.355. The first-order chi connectivity index (χ1) is 15.7. The largest absolute Gasteiger partial charge is 0.439 e. The Morgan fingerprint density at radius 2 is 1.82 bits per heavy atom. The van der Waals surface area contributed by atoms with Gasteiger partial charge in [-0.3, -0.25) is 0 Å². The third-order valence-electron chi connectivity index (χ3n) is 5.03. The number of urea groups is 1. The van der Waals surface area contributed by atoms with Crippen LogP contribution in [0.4, 0.5) is 4.79 Å². The Labute approximate surface area is 196 Å². The molecule has 2 amide bonds. The van der Waals surface area contributed by atoms with E-state index in [4.69, 9.17) is 14.6 Å². The molecule has 2 aromatic carbocycles. The number of nitrogens with one attached hydrogen (secondary N) is 1. The summed E-state index contributed by atoms with van der Waals surface area (Å²) in [5, 5.41) is 7.82. The topological polar surface area (TPSA) is 68.6 Å². The number of para-hydroxylation sites is 1. The first-order valence-corrected chi connectivity index (χ1v) is 11.1. The maximum absolute atomic E-state index is 13.1. The van der Waals surface area contributed by atoms with Gasteiger partial charge in [0, 0.05) is 19.2 Å². The summed E-state index contributed by atoms with van der Waals surface area (Å²) < 4.78 is 13.4. The highest BCUT2D eigenvalue weighted by Crippen LogP contribution is 2.32. The monoisotopic (exact) mass is 450 g/mol. The highest BCUT2D eigenvalue weighted by Gasteiger charge is 2.25. The van der Waals surface area contributed by atoms with Crippen LogP contribution in [-0.2, 0) is 11.3 Å². The molecule has 7 heteroatoms. The molecule has 0 bridgehead atoms. The Morgan fingerprint density at radius 1 is 1.09 bits per heavy atom. The summed E-state index contributed by atoms with van der Waals surface area (Å²) in [5.41, 5.74) is 3.28. The van der Waals surface area contributed by atoms with Crippen LogP contribution in [0.2, 0.25) is 0 Å². The Kier molecular flexibility index (Phi) is 7.76. The van der Waals surface area contributed by atoms with Crippen LogP contribution in [0.5, 0.6) is 11.6 Å². The van der Waals surface area contributed by atoms with Crippen LogP contribution < -0.4 is 10.1 Å². The molecular weight excluding hydrogens is 416 g/mol. The molecule has 1 N–H and O–H groups in total. The number of ether oxygens (including phenoxy) is 2. The third-order valence-corrected chi connectivity index (χ3v) is 5.03. The fourth-order valence-electron chi connectivity index (χ4n) is 3.40. The molecule has 1 heterocycles. The number of nitrogens with zero attached hydrogens (tertiary/aromatic N) is 3. The molecule has 0 aliphatic carbocycles. The molecule has 33 heavy (non-hydrogen) atoms. The molecular formula is C26H34N4O3. The van der Waals surface area contributed by atoms with Gasteiger partial charge in [0.1, 0.15) is 5.75 Å². The zero-order valence-corrected chi connectivity index (χ0v) is 20.4. The van der Waals surface area contributed by atoms with Crippen molar-refractivity contribution in [1.29, 1.82) is 0 Å². The lowest BCUT2D eigenvalue weighted by Crippen LogP contribution is -2.49. The van der Waals surface area contributed by atoms with Crippen molar-refractivity contribution in [2.75, 3.05) is 20.3 Å². The molecule has 0 aliphatic heterocycles. The van der Waals surface area contributed by atoms with Crippen LogP contribution >= 0.6 is 0 Å². The number of hydrogen-bond acceptors (Lipinski definition) is 4. The van der Waals surface area contributed by atoms with Crippen LogP contribution in [0.15, 0.2) is 54.6 Å². The van der Waals surface area contributed by atoms with Gasteiger partial charge in [-0.15, -0.1) is 0 Å². The van der Waals surface area contributed by atoms with Gasteiger partial charge in [-0.2, -0.15) is 5.10 Å². The lowest BCUT2D eigenvalue weighted by atomic mass is 10.1. The molecule has 0 atom stereocenters. The Hall–Kier alpha value is -3.32. The number of carbonyl (C=O) groups excluding carboxylic acids is 1. The second-order valence-corrected chi connectivity index (χ2v) is 9.13. The third kappa shape index (κ3) is 6.58. The predicted octanol–water partition coefficient (Wildman–Crippen LogP) is 5.24. The van der Waals surface area contributed by atoms with E-state index >= 15 is 0 Å². The summed E-state index contributed by atoms with van der Waals surface area (Å²) >= 11 is 0. The maximum Gasteiger partial charge on any atom is 0.318 e. The number of carbonyl (C=O) groups is 1. The van der Waals surface area contributed by atoms with Gasteiger partial charge in [0.05, 0.1) is 30.1 Å². The number of benzene rings is 2. The number of hydrogen-bond donors (Lipinski definition) is 1. The standard InChI is InChI=1S/C26H34N4O3/c1-19-11-10-14-22(17-19)33-24-23(20(2)28-30(24)21-12-8-7-9-13-21)18-29(15-16-32-6)25(31)27-26(3,4)5/h7-14,17H,15-16,18H2,1-6H3,(H,27,31). The minimum absolute atomic E-state index is 0.159. The van der Waals surface area contributed by atoms with Crippen molar-refractivity contribution in [3.05, 3.63) is 71.4 Å². The van der Waals surface area contributed by atoms with Gasteiger partial charge >= 0.3 is 6.03 Å². The van der Waals surface area contributed by atoms with Crippen LogP contribution in [0.25, 0.3) is 5.69 Å². The van der Waals surface area contributed by atoms with Gasteiger partial charge < -0.3 is 19.7 Å². The summed E-state index contributed by atoms with van der Waals surface area (Å²) in [4.78, 5) is 14.8. The van der Waals surface area contributed by atoms with Crippen molar-refractivity contribution in [2.45, 2.75) is 46.7 Å². The highest BCUT2D eigenvalue weighted by atomic mass is 16.5. The minimum Gasteiger partial charge on any atom is -0.439 e. The Balaban J connectivity index is 2.03. The number of aryl methyl sites for hydroxylation is 2. The van der Waals surface area contributed by atoms with Gasteiger partial charge in [0.15, 0.2) is 0 Å². The van der Waals surface area contributed by atoms with Crippen molar-refractivity contribution < 1.29 is 14.3 Å². The van der Waals surface area contributed by atoms with Crippen LogP contribution in [0, 0.1) is 13.8 Å². The molecule has 7 nitrogen and oxygen atoms in total. The van der Waals surface area contributed by atoms with Crippen molar-refractivity contribution in [1.82, 2.24) is 20.0 Å². The molecule has 0 aliphatic rings. The molecule has 0 saturated carbocycles. The maximum atomic E-state index is 13.1. The highest BCUT2D eigenvalue weighted by molar-refractivity contribution is 5.75. The predicted molar refractivity (Wildman–Crippen MR) is 130 cm³/mol. The van der Waals surface area contributed by atoms with Crippen molar-refractivity contribution in [2.24, 2.45) is 0 Å². The summed E-state index contributed by atoms with van der Waals surface area (Å²) in [6, 6.07) is 17.6. The van der Waals surface area contributed by atoms with E-state index in [1.54, 1.807) is 16.7 Å². The molecule has 0 fully saturated rings. The summed E-state index contributed by atoms with van der Waals surface area (Å²) in [5.74, 6) is 1.31. The first-order valence-electron chi connectivity index (χ1n) is 11.1. The average Bonchev–Trinajstić information content (AvgIpc) is 3.05. The molecule has 1 aromatic heterocycles. The van der Waals surface area contributed by atoms with E-state index in [1.165, 1.54) is 0 Å². The van der Waals surface area contributed by atoms with Crippen LogP contribution in [0.3, 0.4) is 0 Å². The van der Waals surface area contributed by atoms with Gasteiger partial charge in [-0.25, -0.2) is 9.48 Å². The van der Waals surface area contributed by atoms with E-state index in [0.29, 0.717) is 25.6 Å². The van der Waals surface area contributed by atoms with Crippen LogP contribution in [-0.4, -0.2) is 46.5 Å². The summed E-state index contributed by atoms with van der Waals surface area (Å²) in [7, 11) is 1.63. The number of aromatic nitrogens is 2. The molecule has 0 spiro atoms. The zero-order chi connectivity index (χ0) is 24.0. The molecule has 0 radical (unpaired) electrons. The Morgan fingerprint density at radius 3 is 2.45 bits per heavy atom. The van der Waals surface area contributed by atoms with E-state index < -0.39 is 0 Å². The van der Waals surface area contributed by atoms with E-state index in [1.807, 2.05) is 89.2 Å². The molecule has 0 saturated heterocycles. The number of amides is 2. The second kappa shape index (κ2) is 10.5. The smallest absolute Gasteiger partial charge is 0.318 e. The fourth-order valence-corrected chi connectivity index (χ4v) is 3.40. The van der Waals surface area contributed by atoms with Crippen LogP contribution in [0.1, 0.15) is 37.6 Å². The van der Waals surface area contributed by atoms with Crippen molar-refractivity contribution in [3.63, 3.8) is 0 Å². The zero-order valence-electron chi connectivity index (χ0n) is 20.4. The lowest BCUT2D eigenvalue weighted by Gasteiger charge is -2.28. The number of rotatable bonds is 8. The molecule has 0 unspecified atom stereocenters. The SMILES string of the molecule is COCCN(Cc1c(C)nn(-c2ccccc2)c1Oc1cccc(C)c1)C(=O)NC(C)(C)C. The van der Waals surface area contributed by atoms with E-state index in [9.17, 15) is 4.79 Å². The Bertz CT molecular complexity index is 1070. The van der Waals surface area contributed by atoms with Gasteiger partial charge in [-0.05, 0) is 64.4 Å². The fraction of sp³-hybridized carbons (Fsp3) is 0.385. The van der Waals surface area contributed by atoms with E-state index in [2.05, 4.69) is 5.32 Å². The normalized spacial score (nSPS) is 11.3.